The van der Waals surface area contributed by atoms with Gasteiger partial charge in [-0.2, -0.15) is 13.2 Å². The lowest BCUT2D eigenvalue weighted by Gasteiger charge is -2.16. The molecule has 0 aliphatic rings. The third-order valence-electron chi connectivity index (χ3n) is 2.16. The van der Waals surface area contributed by atoms with E-state index in [2.05, 4.69) is 20.7 Å². The second kappa shape index (κ2) is 6.02. The molecule has 0 amide bonds. The van der Waals surface area contributed by atoms with E-state index in [1.807, 2.05) is 0 Å². The molecule has 1 aromatic rings. The second-order valence-corrected chi connectivity index (χ2v) is 4.41. The number of carbonyl (C=O) groups is 1. The van der Waals surface area contributed by atoms with Gasteiger partial charge < -0.3 is 4.74 Å². The fourth-order valence-corrected chi connectivity index (χ4v) is 1.73. The molecule has 0 heterocycles. The molecule has 0 aromatic heterocycles. The minimum absolute atomic E-state index is 0.0587. The molecule has 112 valence electrons. The summed E-state index contributed by atoms with van der Waals surface area (Å²) in [5.41, 5.74) is -1.87. The quantitative estimate of drug-likeness (QED) is 0.444. The molecule has 2 nitrogen and oxygen atoms in total. The van der Waals surface area contributed by atoms with E-state index >= 15 is 0 Å². The van der Waals surface area contributed by atoms with Gasteiger partial charge in [-0.3, -0.25) is 4.79 Å². The Labute approximate surface area is 117 Å². The summed E-state index contributed by atoms with van der Waals surface area (Å²) in [7, 11) is 0. The number of hydrogen-bond donors (Lipinski definition) is 0. The normalized spacial score (nSPS) is 12.3. The van der Waals surface area contributed by atoms with E-state index in [-0.39, 0.29) is 17.3 Å². The summed E-state index contributed by atoms with van der Waals surface area (Å²) in [6.07, 6.45) is -10.4. The first-order valence-corrected chi connectivity index (χ1v) is 6.23. The topological polar surface area (TPSA) is 26.3 Å². The van der Waals surface area contributed by atoms with Crippen molar-refractivity contribution in [1.29, 1.82) is 0 Å². The molecule has 0 spiro atoms. The number of alkyl halides is 7. The molecule has 0 unspecified atom stereocenters. The van der Waals surface area contributed by atoms with Crippen LogP contribution in [0.5, 0.6) is 5.75 Å². The highest BCUT2D eigenvalue weighted by atomic mass is 79.9. The third-order valence-corrected chi connectivity index (χ3v) is 2.55. The summed E-state index contributed by atoms with van der Waals surface area (Å²) >= 11 is 2.95. The van der Waals surface area contributed by atoms with Gasteiger partial charge in [0.2, 0.25) is 0 Å². The van der Waals surface area contributed by atoms with Crippen molar-refractivity contribution in [2.24, 2.45) is 0 Å². The van der Waals surface area contributed by atoms with Crippen molar-refractivity contribution >= 4 is 21.7 Å². The predicted octanol–water partition coefficient (Wildman–Crippen LogP) is 4.57. The molecular weight excluding hydrogens is 358 g/mol. The third kappa shape index (κ3) is 4.69. The highest BCUT2D eigenvalue weighted by Crippen LogP contribution is 2.39. The Morgan fingerprint density at radius 1 is 1.15 bits per heavy atom. The van der Waals surface area contributed by atoms with Crippen LogP contribution in [-0.2, 0) is 6.18 Å². The Kier molecular flexibility index (Phi) is 5.06. The molecule has 0 aliphatic heterocycles. The number of carbonyl (C=O) groups excluding carboxylic acids is 1. The van der Waals surface area contributed by atoms with E-state index in [1.54, 1.807) is 0 Å². The van der Waals surface area contributed by atoms with Crippen LogP contribution in [0.25, 0.3) is 0 Å². The smallest absolute Gasteiger partial charge is 0.405 e. The molecule has 1 aromatic carbocycles. The number of Topliss-reactive ketones (excluding diaryl/α,β-unsaturated/α-hetero) is 1. The molecule has 0 saturated carbocycles. The van der Waals surface area contributed by atoms with Crippen LogP contribution in [0.2, 0.25) is 0 Å². The average molecular weight is 365 g/mol. The second-order valence-electron chi connectivity index (χ2n) is 3.62. The van der Waals surface area contributed by atoms with Gasteiger partial charge in [0.25, 0.3) is 0 Å². The number of ketones is 1. The Morgan fingerprint density at radius 3 is 2.20 bits per heavy atom. The number of ether oxygens (including phenoxy) is 1. The van der Waals surface area contributed by atoms with Gasteiger partial charge >= 0.3 is 12.5 Å². The summed E-state index contributed by atoms with van der Waals surface area (Å²) in [4.78, 5) is 11.5. The van der Waals surface area contributed by atoms with Crippen LogP contribution in [-0.4, -0.2) is 17.5 Å². The minimum Gasteiger partial charge on any atom is -0.405 e. The zero-order valence-corrected chi connectivity index (χ0v) is 11.2. The Hall–Kier alpha value is -1.25. The van der Waals surface area contributed by atoms with Crippen LogP contribution in [0.1, 0.15) is 22.3 Å². The fraction of sp³-hybridized carbons (Fsp3) is 0.364. The Bertz CT molecular complexity index is 495. The molecule has 0 aliphatic carbocycles. The molecule has 1 rings (SSSR count). The summed E-state index contributed by atoms with van der Waals surface area (Å²) in [6, 6.07) is 1.65. The standard InChI is InChI=1S/C11H7BrF6O2/c12-4-3-8(19)6-1-2-7(10(13,14)15)9(5-6)20-11(16,17)18/h1-2,5H,3-4H2. The van der Waals surface area contributed by atoms with Gasteiger partial charge in [-0.15, -0.1) is 13.2 Å². The van der Waals surface area contributed by atoms with Crippen LogP contribution in [0, 0.1) is 0 Å². The lowest BCUT2D eigenvalue weighted by atomic mass is 10.1. The van der Waals surface area contributed by atoms with Gasteiger partial charge in [-0.05, 0) is 12.1 Å². The molecule has 0 N–H and O–H groups in total. The van der Waals surface area contributed by atoms with E-state index < -0.39 is 29.6 Å². The van der Waals surface area contributed by atoms with Crippen LogP contribution in [0.4, 0.5) is 26.3 Å². The number of rotatable bonds is 4. The largest absolute Gasteiger partial charge is 0.573 e. The van der Waals surface area contributed by atoms with Crippen molar-refractivity contribution in [3.63, 3.8) is 0 Å². The maximum Gasteiger partial charge on any atom is 0.573 e. The van der Waals surface area contributed by atoms with Gasteiger partial charge in [-0.1, -0.05) is 22.0 Å². The summed E-state index contributed by atoms with van der Waals surface area (Å²) in [5, 5.41) is 0.238. The summed E-state index contributed by atoms with van der Waals surface area (Å²) < 4.78 is 77.4. The Balaban J connectivity index is 3.25. The van der Waals surface area contributed by atoms with E-state index in [4.69, 9.17) is 0 Å². The highest BCUT2D eigenvalue weighted by Gasteiger charge is 2.39. The molecular formula is C11H7BrF6O2. The number of benzene rings is 1. The molecule has 0 fully saturated rings. The maximum absolute atomic E-state index is 12.6. The molecule has 20 heavy (non-hydrogen) atoms. The fourth-order valence-electron chi connectivity index (χ4n) is 1.37. The minimum atomic E-state index is -5.28. The summed E-state index contributed by atoms with van der Waals surface area (Å²) in [5.74, 6) is -2.03. The van der Waals surface area contributed by atoms with Crippen molar-refractivity contribution in [3.8, 4) is 5.75 Å². The average Bonchev–Trinajstić information content (AvgIpc) is 2.25. The van der Waals surface area contributed by atoms with Gasteiger partial charge in [0.1, 0.15) is 5.75 Å². The number of halogens is 7. The van der Waals surface area contributed by atoms with Crippen molar-refractivity contribution < 1.29 is 35.9 Å². The molecule has 0 radical (unpaired) electrons. The van der Waals surface area contributed by atoms with Crippen molar-refractivity contribution in [2.75, 3.05) is 5.33 Å². The zero-order valence-electron chi connectivity index (χ0n) is 9.61. The Morgan fingerprint density at radius 2 is 1.75 bits per heavy atom. The number of hydrogen-bond acceptors (Lipinski definition) is 2. The predicted molar refractivity (Wildman–Crippen MR) is 60.9 cm³/mol. The first kappa shape index (κ1) is 16.8. The SMILES string of the molecule is O=C(CCBr)c1ccc(C(F)(F)F)c(OC(F)(F)F)c1. The lowest BCUT2D eigenvalue weighted by molar-refractivity contribution is -0.276. The van der Waals surface area contributed by atoms with E-state index in [9.17, 15) is 31.1 Å². The van der Waals surface area contributed by atoms with Crippen LogP contribution in [0.15, 0.2) is 18.2 Å². The molecule has 9 heteroatoms. The van der Waals surface area contributed by atoms with E-state index in [0.29, 0.717) is 12.1 Å². The van der Waals surface area contributed by atoms with Crippen LogP contribution < -0.4 is 4.74 Å². The van der Waals surface area contributed by atoms with Crippen molar-refractivity contribution in [3.05, 3.63) is 29.3 Å². The molecule has 0 bridgehead atoms. The highest BCUT2D eigenvalue weighted by molar-refractivity contribution is 9.09. The first-order valence-electron chi connectivity index (χ1n) is 5.11. The van der Waals surface area contributed by atoms with E-state index in [0.717, 1.165) is 6.07 Å². The van der Waals surface area contributed by atoms with Crippen molar-refractivity contribution in [1.82, 2.24) is 0 Å². The zero-order chi connectivity index (χ0) is 15.6. The van der Waals surface area contributed by atoms with Gasteiger partial charge in [0.15, 0.2) is 5.78 Å². The van der Waals surface area contributed by atoms with Crippen LogP contribution >= 0.6 is 15.9 Å². The maximum atomic E-state index is 12.6. The van der Waals surface area contributed by atoms with Gasteiger partial charge in [0, 0.05) is 17.3 Å². The monoisotopic (exact) mass is 364 g/mol. The molecule has 0 atom stereocenters. The van der Waals surface area contributed by atoms with Gasteiger partial charge in [-0.25, -0.2) is 0 Å². The van der Waals surface area contributed by atoms with E-state index in [1.165, 1.54) is 0 Å². The van der Waals surface area contributed by atoms with Gasteiger partial charge in [0.05, 0.1) is 5.56 Å². The lowest BCUT2D eigenvalue weighted by Crippen LogP contribution is -2.20. The van der Waals surface area contributed by atoms with Crippen molar-refractivity contribution in [2.45, 2.75) is 19.0 Å². The first-order chi connectivity index (χ1) is 9.04. The van der Waals surface area contributed by atoms with Crippen LogP contribution in [0.3, 0.4) is 0 Å². The summed E-state index contributed by atoms with van der Waals surface area (Å²) in [6.45, 7) is 0. The molecule has 0 saturated heterocycles.